The van der Waals surface area contributed by atoms with Crippen molar-refractivity contribution in [3.63, 3.8) is 0 Å². The quantitative estimate of drug-likeness (QED) is 0.0517. The second-order valence-corrected chi connectivity index (χ2v) is 15.1. The number of hydrogen-bond donors (Lipinski definition) is 0. The summed E-state index contributed by atoms with van der Waals surface area (Å²) in [5.74, 6) is 1.14. The Bertz CT molecular complexity index is 818. The van der Waals surface area contributed by atoms with Gasteiger partial charge in [-0.05, 0) is 30.7 Å². The van der Waals surface area contributed by atoms with E-state index in [2.05, 4.69) is 44.2 Å². The Morgan fingerprint density at radius 1 is 0.426 bits per heavy atom. The molecule has 268 valence electrons. The van der Waals surface area contributed by atoms with Crippen LogP contribution in [-0.4, -0.2) is 12.4 Å². The normalized spacial score (nSPS) is 14.0. The van der Waals surface area contributed by atoms with Gasteiger partial charge in [0, 0.05) is 0 Å². The molecule has 2 atom stereocenters. The number of rotatable bonds is 35. The van der Waals surface area contributed by atoms with Gasteiger partial charge >= 0.3 is 0 Å². The Balaban J connectivity index is 1.63. The average molecular weight is 648 g/mol. The monoisotopic (exact) mass is 648 g/mol. The molecule has 1 heterocycles. The third-order valence-corrected chi connectivity index (χ3v) is 10.8. The Kier molecular flexibility index (Phi) is 28.0. The van der Waals surface area contributed by atoms with Crippen LogP contribution in [0.15, 0.2) is 40.3 Å². The molecule has 0 saturated heterocycles. The molecule has 0 N–H and O–H groups in total. The Labute approximate surface area is 294 Å². The Hall–Kier alpha value is -1.57. The van der Waals surface area contributed by atoms with Crippen molar-refractivity contribution in [2.24, 2.45) is 21.8 Å². The molecule has 0 fully saturated rings. The molecule has 1 aliphatic heterocycles. The lowest BCUT2D eigenvalue weighted by Crippen LogP contribution is -2.22. The SMILES string of the molecule is CCCCCCCCCCCCCCCCCC([C+]1N=CC=N1)C(CCCCCCCCCCCCCCCC)Cc1ccccc1. The van der Waals surface area contributed by atoms with Crippen molar-refractivity contribution in [2.45, 2.75) is 219 Å². The Morgan fingerprint density at radius 2 is 0.766 bits per heavy atom. The maximum Gasteiger partial charge on any atom is 0.244 e. The molecule has 1 aliphatic rings. The summed E-state index contributed by atoms with van der Waals surface area (Å²) in [6.45, 7) is 4.61. The predicted octanol–water partition coefficient (Wildman–Crippen LogP) is 15.2. The van der Waals surface area contributed by atoms with Crippen LogP contribution in [0.2, 0.25) is 0 Å². The topological polar surface area (TPSA) is 24.7 Å². The van der Waals surface area contributed by atoms with Crippen molar-refractivity contribution >= 4 is 12.4 Å². The molecule has 2 nitrogen and oxygen atoms in total. The van der Waals surface area contributed by atoms with E-state index in [0.29, 0.717) is 11.8 Å². The van der Waals surface area contributed by atoms with E-state index in [1.807, 2.05) is 12.4 Å². The van der Waals surface area contributed by atoms with E-state index >= 15 is 0 Å². The highest BCUT2D eigenvalue weighted by Crippen LogP contribution is 2.37. The van der Waals surface area contributed by atoms with Crippen LogP contribution in [-0.2, 0) is 6.42 Å². The summed E-state index contributed by atoms with van der Waals surface area (Å²) >= 11 is 0. The van der Waals surface area contributed by atoms with Crippen LogP contribution in [0.3, 0.4) is 0 Å². The van der Waals surface area contributed by atoms with E-state index in [0.717, 1.165) is 12.6 Å². The van der Waals surface area contributed by atoms with Gasteiger partial charge in [-0.1, -0.05) is 240 Å². The minimum absolute atomic E-state index is 0.495. The molecular weight excluding hydrogens is 569 g/mol. The molecule has 47 heavy (non-hydrogen) atoms. The van der Waals surface area contributed by atoms with Crippen molar-refractivity contribution in [2.75, 3.05) is 0 Å². The van der Waals surface area contributed by atoms with Crippen LogP contribution in [0, 0.1) is 18.0 Å². The summed E-state index contributed by atoms with van der Waals surface area (Å²) in [6.07, 6.45) is 50.0. The van der Waals surface area contributed by atoms with Crippen LogP contribution in [0.25, 0.3) is 0 Å². The van der Waals surface area contributed by atoms with E-state index in [4.69, 9.17) is 9.98 Å². The molecule has 0 amide bonds. The van der Waals surface area contributed by atoms with Crippen LogP contribution >= 0.6 is 0 Å². The maximum atomic E-state index is 4.77. The molecule has 0 saturated carbocycles. The number of nitrogens with zero attached hydrogens (tertiary/aromatic N) is 2. The Morgan fingerprint density at radius 3 is 1.15 bits per heavy atom. The number of aliphatic imine (C=N–C) groups is 2. The van der Waals surface area contributed by atoms with Gasteiger partial charge in [0.1, 0.15) is 0 Å². The summed E-state index contributed by atoms with van der Waals surface area (Å²) in [4.78, 5) is 9.55. The van der Waals surface area contributed by atoms with Crippen LogP contribution < -0.4 is 0 Å². The van der Waals surface area contributed by atoms with Gasteiger partial charge < -0.3 is 0 Å². The molecule has 0 radical (unpaired) electrons. The molecule has 0 aromatic heterocycles. The molecular formula is C45H79N2+. The average Bonchev–Trinajstić information content (AvgIpc) is 3.63. The van der Waals surface area contributed by atoms with Crippen molar-refractivity contribution in [3.8, 4) is 0 Å². The van der Waals surface area contributed by atoms with E-state index in [1.54, 1.807) is 0 Å². The highest BCUT2D eigenvalue weighted by Gasteiger charge is 2.35. The summed E-state index contributed by atoms with van der Waals surface area (Å²) in [7, 11) is 0. The lowest BCUT2D eigenvalue weighted by Gasteiger charge is -2.26. The molecule has 2 heteroatoms. The molecule has 0 aliphatic carbocycles. The molecule has 0 spiro atoms. The smallest absolute Gasteiger partial charge is 0.0965 e. The fraction of sp³-hybridized carbons (Fsp3) is 0.800. The van der Waals surface area contributed by atoms with Crippen molar-refractivity contribution in [1.29, 1.82) is 0 Å². The fourth-order valence-corrected chi connectivity index (χ4v) is 7.72. The van der Waals surface area contributed by atoms with E-state index in [1.165, 1.54) is 205 Å². The van der Waals surface area contributed by atoms with E-state index in [9.17, 15) is 0 Å². The molecule has 2 unspecified atom stereocenters. The van der Waals surface area contributed by atoms with E-state index < -0.39 is 0 Å². The predicted molar refractivity (Wildman–Crippen MR) is 212 cm³/mol. The summed E-state index contributed by atoms with van der Waals surface area (Å²) < 4.78 is 0. The second kappa shape index (κ2) is 31.7. The molecule has 1 aromatic carbocycles. The minimum Gasteiger partial charge on any atom is -0.0965 e. The first-order valence-electron chi connectivity index (χ1n) is 21.3. The summed E-state index contributed by atoms with van der Waals surface area (Å²) in [6, 6.07) is 11.2. The van der Waals surface area contributed by atoms with Gasteiger partial charge in [-0.15, -0.1) is 0 Å². The first-order valence-corrected chi connectivity index (χ1v) is 21.3. The van der Waals surface area contributed by atoms with Crippen LogP contribution in [0.4, 0.5) is 0 Å². The standard InChI is InChI=1S/C45H79N2/c1-3-5-7-9-11-13-15-17-19-21-23-25-27-29-34-38-44(45-46-39-40-47-45)43(41-42-35-31-30-32-36-42)37-33-28-26-24-22-20-18-16-14-12-10-8-6-4-2/h30-32,35-36,39-40,43-44H,3-29,33-34,37-38,41H2,1-2H3/q+1. The number of hydrogen-bond acceptors (Lipinski definition) is 2. The maximum absolute atomic E-state index is 4.77. The zero-order chi connectivity index (χ0) is 33.3. The third-order valence-electron chi connectivity index (χ3n) is 10.8. The largest absolute Gasteiger partial charge is 0.244 e. The van der Waals surface area contributed by atoms with Gasteiger partial charge in [0.15, 0.2) is 12.4 Å². The summed E-state index contributed by atoms with van der Waals surface area (Å²) in [5, 5.41) is 0. The zero-order valence-corrected chi connectivity index (χ0v) is 31.7. The van der Waals surface area contributed by atoms with Crippen molar-refractivity contribution < 1.29 is 0 Å². The first kappa shape index (κ1) is 41.6. The highest BCUT2D eigenvalue weighted by atomic mass is 15.0. The summed E-state index contributed by atoms with van der Waals surface area (Å²) in [5.41, 5.74) is 1.48. The van der Waals surface area contributed by atoms with Crippen molar-refractivity contribution in [1.82, 2.24) is 0 Å². The van der Waals surface area contributed by atoms with Crippen LogP contribution in [0.1, 0.15) is 218 Å². The lowest BCUT2D eigenvalue weighted by atomic mass is 9.78. The molecule has 1 aromatic rings. The highest BCUT2D eigenvalue weighted by molar-refractivity contribution is 6.18. The zero-order valence-electron chi connectivity index (χ0n) is 31.7. The third kappa shape index (κ3) is 23.4. The van der Waals surface area contributed by atoms with Gasteiger partial charge in [0.25, 0.3) is 0 Å². The lowest BCUT2D eigenvalue weighted by molar-refractivity contribution is 0.284. The van der Waals surface area contributed by atoms with E-state index in [-0.39, 0.29) is 0 Å². The fourth-order valence-electron chi connectivity index (χ4n) is 7.72. The number of benzene rings is 1. The van der Waals surface area contributed by atoms with Crippen LogP contribution in [0.5, 0.6) is 0 Å². The molecule has 2 rings (SSSR count). The minimum atomic E-state index is 0.495. The van der Waals surface area contributed by atoms with Gasteiger partial charge in [0.05, 0.1) is 5.92 Å². The second-order valence-electron chi connectivity index (χ2n) is 15.1. The first-order chi connectivity index (χ1) is 23.3. The van der Waals surface area contributed by atoms with Crippen molar-refractivity contribution in [3.05, 3.63) is 42.1 Å². The van der Waals surface area contributed by atoms with Gasteiger partial charge in [0.2, 0.25) is 6.17 Å². The van der Waals surface area contributed by atoms with Gasteiger partial charge in [-0.25, -0.2) is 0 Å². The molecule has 0 bridgehead atoms. The number of unbranched alkanes of at least 4 members (excludes halogenated alkanes) is 27. The van der Waals surface area contributed by atoms with Gasteiger partial charge in [-0.3, -0.25) is 0 Å². The van der Waals surface area contributed by atoms with Gasteiger partial charge in [-0.2, -0.15) is 0 Å².